The second kappa shape index (κ2) is 5.05. The summed E-state index contributed by atoms with van der Waals surface area (Å²) in [4.78, 5) is 11.5. The molecule has 15 heavy (non-hydrogen) atoms. The molecule has 4 heteroatoms. The van der Waals surface area contributed by atoms with E-state index in [2.05, 4.69) is 11.9 Å². The summed E-state index contributed by atoms with van der Waals surface area (Å²) in [6, 6.07) is 4.41. The van der Waals surface area contributed by atoms with Gasteiger partial charge in [0.1, 0.15) is 5.75 Å². The molecule has 0 aliphatic carbocycles. The molecule has 0 heterocycles. The average molecular weight is 206 g/mol. The Hall–Kier alpha value is -1.97. The van der Waals surface area contributed by atoms with Gasteiger partial charge >= 0.3 is 0 Å². The minimum Gasteiger partial charge on any atom is -0.506 e. The summed E-state index contributed by atoms with van der Waals surface area (Å²) < 4.78 is 0. The van der Waals surface area contributed by atoms with Crippen LogP contribution in [0.1, 0.15) is 16.8 Å². The van der Waals surface area contributed by atoms with E-state index in [9.17, 15) is 9.90 Å². The van der Waals surface area contributed by atoms with Gasteiger partial charge in [0, 0.05) is 12.1 Å². The van der Waals surface area contributed by atoms with Crippen LogP contribution in [-0.4, -0.2) is 17.6 Å². The van der Waals surface area contributed by atoms with Crippen LogP contribution in [-0.2, 0) is 0 Å². The highest BCUT2D eigenvalue weighted by Gasteiger charge is 2.06. The SMILES string of the molecule is C=CCCNC(=O)c1ccc(N)c(O)c1. The van der Waals surface area contributed by atoms with Crippen molar-refractivity contribution in [3.05, 3.63) is 36.4 Å². The Kier molecular flexibility index (Phi) is 3.74. The number of nitrogens with two attached hydrogens (primary N) is 1. The molecule has 1 amide bonds. The fourth-order valence-electron chi connectivity index (χ4n) is 1.07. The maximum Gasteiger partial charge on any atom is 0.251 e. The van der Waals surface area contributed by atoms with E-state index in [1.165, 1.54) is 12.1 Å². The van der Waals surface area contributed by atoms with Crippen molar-refractivity contribution in [2.45, 2.75) is 6.42 Å². The maximum atomic E-state index is 11.5. The van der Waals surface area contributed by atoms with E-state index in [-0.39, 0.29) is 17.3 Å². The second-order valence-corrected chi connectivity index (χ2v) is 3.11. The Balaban J connectivity index is 2.65. The summed E-state index contributed by atoms with van der Waals surface area (Å²) in [6.45, 7) is 4.08. The number of nitrogen functional groups attached to an aromatic ring is 1. The summed E-state index contributed by atoms with van der Waals surface area (Å²) in [6.07, 6.45) is 2.44. The van der Waals surface area contributed by atoms with Gasteiger partial charge in [-0.2, -0.15) is 0 Å². The van der Waals surface area contributed by atoms with Crippen LogP contribution in [0.25, 0.3) is 0 Å². The standard InChI is InChI=1S/C11H14N2O2/c1-2-3-6-13-11(15)8-4-5-9(12)10(14)7-8/h2,4-5,7,14H,1,3,6,12H2,(H,13,15). The number of phenols is 1. The molecule has 80 valence electrons. The zero-order chi connectivity index (χ0) is 11.3. The van der Waals surface area contributed by atoms with Crippen LogP contribution in [0.15, 0.2) is 30.9 Å². The highest BCUT2D eigenvalue weighted by molar-refractivity contribution is 5.95. The highest BCUT2D eigenvalue weighted by atomic mass is 16.3. The first kappa shape index (κ1) is 11.1. The third-order valence-electron chi connectivity index (χ3n) is 1.93. The first-order valence-electron chi connectivity index (χ1n) is 4.62. The molecule has 0 fully saturated rings. The summed E-state index contributed by atoms with van der Waals surface area (Å²) >= 11 is 0. The predicted octanol–water partition coefficient (Wildman–Crippen LogP) is 1.28. The van der Waals surface area contributed by atoms with E-state index in [0.717, 1.165) is 0 Å². The number of rotatable bonds is 4. The number of phenolic OH excluding ortho intramolecular Hbond substituents is 1. The number of aromatic hydroxyl groups is 1. The molecule has 0 aliphatic heterocycles. The number of hydrogen-bond donors (Lipinski definition) is 3. The number of nitrogens with one attached hydrogen (secondary N) is 1. The molecule has 0 unspecified atom stereocenters. The van der Waals surface area contributed by atoms with Gasteiger partial charge in [0.2, 0.25) is 0 Å². The van der Waals surface area contributed by atoms with Crippen LogP contribution >= 0.6 is 0 Å². The van der Waals surface area contributed by atoms with Crippen LogP contribution < -0.4 is 11.1 Å². The van der Waals surface area contributed by atoms with Crippen LogP contribution in [0, 0.1) is 0 Å². The fourth-order valence-corrected chi connectivity index (χ4v) is 1.07. The largest absolute Gasteiger partial charge is 0.506 e. The number of hydrogen-bond acceptors (Lipinski definition) is 3. The van der Waals surface area contributed by atoms with E-state index in [4.69, 9.17) is 5.73 Å². The van der Waals surface area contributed by atoms with Crippen LogP contribution in [0.2, 0.25) is 0 Å². The lowest BCUT2D eigenvalue weighted by atomic mass is 10.2. The molecule has 4 nitrogen and oxygen atoms in total. The fraction of sp³-hybridized carbons (Fsp3) is 0.182. The van der Waals surface area contributed by atoms with E-state index in [0.29, 0.717) is 18.5 Å². The van der Waals surface area contributed by atoms with Gasteiger partial charge in [-0.05, 0) is 24.6 Å². The van der Waals surface area contributed by atoms with Crippen LogP contribution in [0.3, 0.4) is 0 Å². The normalized spacial score (nSPS) is 9.60. The van der Waals surface area contributed by atoms with E-state index in [1.54, 1.807) is 12.1 Å². The van der Waals surface area contributed by atoms with Gasteiger partial charge < -0.3 is 16.2 Å². The van der Waals surface area contributed by atoms with E-state index >= 15 is 0 Å². The minimum absolute atomic E-state index is 0.0774. The maximum absolute atomic E-state index is 11.5. The molecule has 0 radical (unpaired) electrons. The van der Waals surface area contributed by atoms with Gasteiger partial charge in [-0.15, -0.1) is 6.58 Å². The molecule has 0 saturated heterocycles. The Bertz CT molecular complexity index is 375. The van der Waals surface area contributed by atoms with Crippen molar-refractivity contribution in [2.75, 3.05) is 12.3 Å². The second-order valence-electron chi connectivity index (χ2n) is 3.11. The number of benzene rings is 1. The van der Waals surface area contributed by atoms with Gasteiger partial charge in [0.05, 0.1) is 5.69 Å². The summed E-state index contributed by atoms with van der Waals surface area (Å²) in [5.41, 5.74) is 6.07. The molecule has 0 bridgehead atoms. The lowest BCUT2D eigenvalue weighted by Crippen LogP contribution is -2.23. The Labute approximate surface area is 88.4 Å². The lowest BCUT2D eigenvalue weighted by molar-refractivity contribution is 0.0954. The first-order valence-corrected chi connectivity index (χ1v) is 4.62. The van der Waals surface area contributed by atoms with Crippen molar-refractivity contribution in [1.82, 2.24) is 5.32 Å². The molecule has 0 saturated carbocycles. The third-order valence-corrected chi connectivity index (χ3v) is 1.93. The molecule has 0 spiro atoms. The zero-order valence-electron chi connectivity index (χ0n) is 8.36. The summed E-state index contributed by atoms with van der Waals surface area (Å²) in [7, 11) is 0. The molecule has 1 aromatic rings. The molecule has 1 rings (SSSR count). The number of carbonyl (C=O) groups is 1. The molecular weight excluding hydrogens is 192 g/mol. The molecule has 4 N–H and O–H groups in total. The lowest BCUT2D eigenvalue weighted by Gasteiger charge is -2.05. The topological polar surface area (TPSA) is 75.4 Å². The zero-order valence-corrected chi connectivity index (χ0v) is 8.36. The Morgan fingerprint density at radius 3 is 2.93 bits per heavy atom. The molecule has 1 aromatic carbocycles. The van der Waals surface area contributed by atoms with Crippen molar-refractivity contribution < 1.29 is 9.90 Å². The predicted molar refractivity (Wildman–Crippen MR) is 59.7 cm³/mol. The van der Waals surface area contributed by atoms with Crippen molar-refractivity contribution in [3.63, 3.8) is 0 Å². The number of carbonyl (C=O) groups excluding carboxylic acids is 1. The number of anilines is 1. The Morgan fingerprint density at radius 1 is 1.60 bits per heavy atom. The smallest absolute Gasteiger partial charge is 0.251 e. The molecule has 0 aliphatic rings. The number of amides is 1. The first-order chi connectivity index (χ1) is 7.15. The highest BCUT2D eigenvalue weighted by Crippen LogP contribution is 2.20. The molecule has 0 atom stereocenters. The monoisotopic (exact) mass is 206 g/mol. The summed E-state index contributed by atoms with van der Waals surface area (Å²) in [5, 5.41) is 12.0. The third kappa shape index (κ3) is 3.02. The molecular formula is C11H14N2O2. The van der Waals surface area contributed by atoms with Gasteiger partial charge in [-0.3, -0.25) is 4.79 Å². The van der Waals surface area contributed by atoms with Crippen molar-refractivity contribution in [3.8, 4) is 5.75 Å². The minimum atomic E-state index is -0.229. The summed E-state index contributed by atoms with van der Waals surface area (Å²) in [5.74, 6) is -0.307. The van der Waals surface area contributed by atoms with Gasteiger partial charge in [-0.1, -0.05) is 6.08 Å². The van der Waals surface area contributed by atoms with Gasteiger partial charge in [0.25, 0.3) is 5.91 Å². The Morgan fingerprint density at radius 2 is 2.33 bits per heavy atom. The quantitative estimate of drug-likeness (QED) is 0.300. The van der Waals surface area contributed by atoms with Crippen molar-refractivity contribution in [2.24, 2.45) is 0 Å². The van der Waals surface area contributed by atoms with E-state index < -0.39 is 0 Å². The van der Waals surface area contributed by atoms with Crippen LogP contribution in [0.4, 0.5) is 5.69 Å². The van der Waals surface area contributed by atoms with Crippen molar-refractivity contribution in [1.29, 1.82) is 0 Å². The average Bonchev–Trinajstić information content (AvgIpc) is 2.22. The van der Waals surface area contributed by atoms with Gasteiger partial charge in [-0.25, -0.2) is 0 Å². The van der Waals surface area contributed by atoms with E-state index in [1.807, 2.05) is 0 Å². The molecule has 0 aromatic heterocycles. The van der Waals surface area contributed by atoms with Crippen molar-refractivity contribution >= 4 is 11.6 Å². The van der Waals surface area contributed by atoms with Gasteiger partial charge in [0.15, 0.2) is 0 Å². The van der Waals surface area contributed by atoms with Crippen LogP contribution in [0.5, 0.6) is 5.75 Å².